The molecule has 0 bridgehead atoms. The Kier molecular flexibility index (Phi) is 4.72. The molecule has 0 saturated carbocycles. The standard InChI is InChI=1S/C26H20FN5O2/c1-16-21(14-28-32(16)24-11-8-17-4-2-3-5-22(17)29-24)26(33)31-13-12-20-23(15-31)30-34-25(20)18-6-9-19(27)10-7-18/h2-11,14H,12-13,15H2,1H3. The second-order valence-corrected chi connectivity index (χ2v) is 8.34. The molecular weight excluding hydrogens is 433 g/mol. The summed E-state index contributed by atoms with van der Waals surface area (Å²) in [6.07, 6.45) is 2.20. The van der Waals surface area contributed by atoms with Crippen LogP contribution in [0.3, 0.4) is 0 Å². The van der Waals surface area contributed by atoms with E-state index in [1.165, 1.54) is 12.1 Å². The molecular formula is C26H20FN5O2. The number of amides is 1. The number of rotatable bonds is 3. The third kappa shape index (κ3) is 3.35. The number of aromatic nitrogens is 4. The van der Waals surface area contributed by atoms with Crippen LogP contribution in [0.2, 0.25) is 0 Å². The first-order valence-electron chi connectivity index (χ1n) is 11.0. The zero-order chi connectivity index (χ0) is 23.2. The predicted molar refractivity (Wildman–Crippen MR) is 124 cm³/mol. The second-order valence-electron chi connectivity index (χ2n) is 8.34. The topological polar surface area (TPSA) is 77.0 Å². The summed E-state index contributed by atoms with van der Waals surface area (Å²) in [5.74, 6) is 0.885. The number of pyridine rings is 1. The maximum Gasteiger partial charge on any atom is 0.257 e. The maximum absolute atomic E-state index is 13.4. The highest BCUT2D eigenvalue weighted by Crippen LogP contribution is 2.31. The van der Waals surface area contributed by atoms with Crippen molar-refractivity contribution in [3.8, 4) is 17.1 Å². The fraction of sp³-hybridized carbons (Fsp3) is 0.154. The number of hydrogen-bond acceptors (Lipinski definition) is 5. The highest BCUT2D eigenvalue weighted by atomic mass is 19.1. The third-order valence-electron chi connectivity index (χ3n) is 6.28. The van der Waals surface area contributed by atoms with E-state index in [0.717, 1.165) is 33.4 Å². The third-order valence-corrected chi connectivity index (χ3v) is 6.28. The minimum Gasteiger partial charge on any atom is -0.356 e. The molecule has 1 aliphatic rings. The van der Waals surface area contributed by atoms with Crippen molar-refractivity contribution in [1.82, 2.24) is 24.8 Å². The van der Waals surface area contributed by atoms with Gasteiger partial charge in [-0.1, -0.05) is 23.4 Å². The van der Waals surface area contributed by atoms with Crippen LogP contribution >= 0.6 is 0 Å². The molecule has 3 aromatic heterocycles. The molecule has 0 fully saturated rings. The van der Waals surface area contributed by atoms with Gasteiger partial charge in [-0.3, -0.25) is 4.79 Å². The fourth-order valence-corrected chi connectivity index (χ4v) is 4.43. The monoisotopic (exact) mass is 453 g/mol. The molecule has 0 spiro atoms. The van der Waals surface area contributed by atoms with Crippen LogP contribution in [0.15, 0.2) is 71.4 Å². The van der Waals surface area contributed by atoms with E-state index < -0.39 is 0 Å². The van der Waals surface area contributed by atoms with Crippen molar-refractivity contribution in [3.05, 3.63) is 95.2 Å². The van der Waals surface area contributed by atoms with Crippen LogP contribution in [0.1, 0.15) is 27.3 Å². The molecule has 5 aromatic rings. The van der Waals surface area contributed by atoms with Crippen molar-refractivity contribution in [2.24, 2.45) is 0 Å². The summed E-state index contributed by atoms with van der Waals surface area (Å²) in [6.45, 7) is 2.74. The molecule has 8 heteroatoms. The average Bonchev–Trinajstić information content (AvgIpc) is 3.47. The zero-order valence-electron chi connectivity index (χ0n) is 18.4. The van der Waals surface area contributed by atoms with Gasteiger partial charge < -0.3 is 9.42 Å². The average molecular weight is 453 g/mol. The summed E-state index contributed by atoms with van der Waals surface area (Å²) in [6, 6.07) is 17.9. The zero-order valence-corrected chi connectivity index (χ0v) is 18.4. The van der Waals surface area contributed by atoms with Crippen molar-refractivity contribution < 1.29 is 13.7 Å². The Morgan fingerprint density at radius 2 is 1.88 bits per heavy atom. The van der Waals surface area contributed by atoms with Crippen molar-refractivity contribution in [3.63, 3.8) is 0 Å². The minimum atomic E-state index is -0.302. The predicted octanol–water partition coefficient (Wildman–Crippen LogP) is 4.72. The number of carbonyl (C=O) groups excluding carboxylic acids is 1. The van der Waals surface area contributed by atoms with Gasteiger partial charge in [-0.25, -0.2) is 14.1 Å². The first-order valence-corrected chi connectivity index (χ1v) is 11.0. The van der Waals surface area contributed by atoms with Crippen molar-refractivity contribution in [2.75, 3.05) is 6.54 Å². The van der Waals surface area contributed by atoms with E-state index in [1.807, 2.05) is 43.3 Å². The van der Waals surface area contributed by atoms with Crippen LogP contribution in [0.25, 0.3) is 28.0 Å². The number of hydrogen-bond donors (Lipinski definition) is 0. The number of para-hydroxylation sites is 1. The number of benzene rings is 2. The first-order chi connectivity index (χ1) is 16.6. The Labute approximate surface area is 194 Å². The molecule has 1 aliphatic heterocycles. The van der Waals surface area contributed by atoms with E-state index in [1.54, 1.807) is 27.9 Å². The summed E-state index contributed by atoms with van der Waals surface area (Å²) >= 11 is 0. The SMILES string of the molecule is Cc1c(C(=O)N2CCc3c(noc3-c3ccc(F)cc3)C2)cnn1-c1ccc2ccccc2n1. The van der Waals surface area contributed by atoms with Crippen LogP contribution in [-0.2, 0) is 13.0 Å². The van der Waals surface area contributed by atoms with E-state index in [4.69, 9.17) is 4.52 Å². The minimum absolute atomic E-state index is 0.110. The lowest BCUT2D eigenvalue weighted by Crippen LogP contribution is -2.36. The quantitative estimate of drug-likeness (QED) is 0.395. The molecule has 34 heavy (non-hydrogen) atoms. The van der Waals surface area contributed by atoms with E-state index >= 15 is 0 Å². The molecule has 7 nitrogen and oxygen atoms in total. The molecule has 0 aliphatic carbocycles. The molecule has 0 unspecified atom stereocenters. The molecule has 2 aromatic carbocycles. The summed E-state index contributed by atoms with van der Waals surface area (Å²) in [7, 11) is 0. The van der Waals surface area contributed by atoms with Gasteiger partial charge in [0.05, 0.1) is 29.5 Å². The first kappa shape index (κ1) is 20.3. The highest BCUT2D eigenvalue weighted by Gasteiger charge is 2.29. The van der Waals surface area contributed by atoms with Crippen LogP contribution < -0.4 is 0 Å². The van der Waals surface area contributed by atoms with Gasteiger partial charge in [-0.2, -0.15) is 5.10 Å². The molecule has 0 saturated heterocycles. The Hall–Kier alpha value is -4.33. The lowest BCUT2D eigenvalue weighted by molar-refractivity contribution is 0.0730. The fourth-order valence-electron chi connectivity index (χ4n) is 4.43. The van der Waals surface area contributed by atoms with Gasteiger partial charge >= 0.3 is 0 Å². The number of nitrogens with zero attached hydrogens (tertiary/aromatic N) is 5. The lowest BCUT2D eigenvalue weighted by atomic mass is 10.00. The van der Waals surface area contributed by atoms with Crippen LogP contribution in [-0.4, -0.2) is 37.3 Å². The Balaban J connectivity index is 1.26. The van der Waals surface area contributed by atoms with Crippen LogP contribution in [0.5, 0.6) is 0 Å². The van der Waals surface area contributed by atoms with Gasteiger partial charge in [0.25, 0.3) is 5.91 Å². The highest BCUT2D eigenvalue weighted by molar-refractivity contribution is 5.95. The summed E-state index contributed by atoms with van der Waals surface area (Å²) in [4.78, 5) is 19.8. The number of halogens is 1. The second kappa shape index (κ2) is 7.91. The maximum atomic E-state index is 13.4. The Morgan fingerprint density at radius 1 is 1.06 bits per heavy atom. The van der Waals surface area contributed by atoms with Gasteiger partial charge in [0.15, 0.2) is 11.6 Å². The Morgan fingerprint density at radius 3 is 2.74 bits per heavy atom. The summed E-state index contributed by atoms with van der Waals surface area (Å²) < 4.78 is 20.5. The molecule has 1 amide bonds. The van der Waals surface area contributed by atoms with Crippen LogP contribution in [0.4, 0.5) is 4.39 Å². The van der Waals surface area contributed by atoms with E-state index in [2.05, 4.69) is 15.2 Å². The van der Waals surface area contributed by atoms with Gasteiger partial charge in [0.1, 0.15) is 11.5 Å². The molecule has 0 radical (unpaired) electrons. The molecule has 0 N–H and O–H groups in total. The molecule has 4 heterocycles. The van der Waals surface area contributed by atoms with Crippen molar-refractivity contribution in [1.29, 1.82) is 0 Å². The van der Waals surface area contributed by atoms with E-state index in [9.17, 15) is 9.18 Å². The van der Waals surface area contributed by atoms with Gasteiger partial charge in [-0.15, -0.1) is 0 Å². The van der Waals surface area contributed by atoms with Gasteiger partial charge in [0.2, 0.25) is 0 Å². The lowest BCUT2D eigenvalue weighted by Gasteiger charge is -2.26. The van der Waals surface area contributed by atoms with Gasteiger partial charge in [0, 0.05) is 23.1 Å². The number of carbonyl (C=O) groups is 1. The summed E-state index contributed by atoms with van der Waals surface area (Å²) in [5, 5.41) is 9.68. The van der Waals surface area contributed by atoms with E-state index in [-0.39, 0.29) is 11.7 Å². The van der Waals surface area contributed by atoms with E-state index in [0.29, 0.717) is 36.7 Å². The Bertz CT molecular complexity index is 1540. The van der Waals surface area contributed by atoms with Crippen LogP contribution in [0, 0.1) is 12.7 Å². The molecule has 6 rings (SSSR count). The van der Waals surface area contributed by atoms with Gasteiger partial charge in [-0.05, 0) is 55.8 Å². The summed E-state index contributed by atoms with van der Waals surface area (Å²) in [5.41, 5.74) is 4.58. The van der Waals surface area contributed by atoms with Crippen molar-refractivity contribution in [2.45, 2.75) is 19.9 Å². The molecule has 168 valence electrons. The van der Waals surface area contributed by atoms with Crippen molar-refractivity contribution >= 4 is 16.8 Å². The molecule has 0 atom stereocenters. The normalized spacial score (nSPS) is 13.3. The smallest absolute Gasteiger partial charge is 0.257 e. The largest absolute Gasteiger partial charge is 0.356 e. The number of fused-ring (bicyclic) bond motifs is 2.